The van der Waals surface area contributed by atoms with E-state index < -0.39 is 29.8 Å². The molecule has 0 saturated carbocycles. The largest absolute Gasteiger partial charge is 0.461 e. The van der Waals surface area contributed by atoms with Crippen molar-refractivity contribution in [2.75, 3.05) is 6.61 Å². The first-order valence-electron chi connectivity index (χ1n) is 5.00. The first kappa shape index (κ1) is 18.2. The Hall–Kier alpha value is -2.82. The van der Waals surface area contributed by atoms with Gasteiger partial charge in [0, 0.05) is 0 Å². The molecule has 1 atom stereocenters. The molecule has 0 aromatic heterocycles. The monoisotopic (exact) mass is 307 g/mol. The summed E-state index contributed by atoms with van der Waals surface area (Å²) in [6.07, 6.45) is -8.83. The van der Waals surface area contributed by atoms with Crippen LogP contribution in [0.4, 0.5) is 13.2 Å². The summed E-state index contributed by atoms with van der Waals surface area (Å²) in [4.78, 5) is 32.4. The lowest BCUT2D eigenvalue weighted by atomic mass is 10.1. The van der Waals surface area contributed by atoms with E-state index in [4.69, 9.17) is 10.5 Å². The number of esters is 2. The molecular formula is C10H6F3N2O6. The third kappa shape index (κ3) is 4.35. The number of nitriles is 2. The second-order valence-electron chi connectivity index (χ2n) is 3.17. The number of carbonyl (C=O) groups excluding carboxylic acids is 3. The quantitative estimate of drug-likeness (QED) is 0.491. The molecule has 0 aliphatic heterocycles. The van der Waals surface area contributed by atoms with Crippen molar-refractivity contribution >= 4 is 18.4 Å². The minimum absolute atomic E-state index is 0.331. The van der Waals surface area contributed by atoms with Crippen molar-refractivity contribution < 1.29 is 41.8 Å². The number of nitrogens with zero attached hydrogens (tertiary/aromatic N) is 2. The van der Waals surface area contributed by atoms with E-state index in [1.807, 2.05) is 0 Å². The Labute approximate surface area is 115 Å². The molecule has 1 radical (unpaired) electrons. The van der Waals surface area contributed by atoms with Gasteiger partial charge >= 0.3 is 30.2 Å². The Morgan fingerprint density at radius 1 is 1.24 bits per heavy atom. The van der Waals surface area contributed by atoms with Gasteiger partial charge in [0.25, 0.3) is 6.10 Å². The lowest BCUT2D eigenvalue weighted by Gasteiger charge is -2.21. The molecule has 0 amide bonds. The molecule has 0 fully saturated rings. The maximum absolute atomic E-state index is 12.4. The second-order valence-corrected chi connectivity index (χ2v) is 3.17. The topological polar surface area (TPSA) is 126 Å². The number of rotatable bonds is 6. The second kappa shape index (κ2) is 7.09. The highest BCUT2D eigenvalue weighted by Crippen LogP contribution is 2.25. The molecule has 0 aromatic carbocycles. The van der Waals surface area contributed by atoms with Crippen LogP contribution in [0.1, 0.15) is 6.92 Å². The number of hydrogen-bond acceptors (Lipinski definition) is 8. The average Bonchev–Trinajstić information content (AvgIpc) is 2.40. The highest BCUT2D eigenvalue weighted by atomic mass is 19.4. The molecule has 0 aliphatic rings. The molecule has 0 aliphatic carbocycles. The van der Waals surface area contributed by atoms with E-state index in [1.54, 1.807) is 0 Å². The predicted octanol–water partition coefficient (Wildman–Crippen LogP) is -0.107. The van der Waals surface area contributed by atoms with Crippen molar-refractivity contribution in [2.45, 2.75) is 24.8 Å². The summed E-state index contributed by atoms with van der Waals surface area (Å²) < 4.78 is 48.8. The molecule has 0 aromatic rings. The first-order chi connectivity index (χ1) is 9.68. The van der Waals surface area contributed by atoms with Crippen LogP contribution in [0.5, 0.6) is 0 Å². The van der Waals surface area contributed by atoms with Crippen LogP contribution in [-0.2, 0) is 28.6 Å². The van der Waals surface area contributed by atoms with Crippen LogP contribution in [0.2, 0.25) is 0 Å². The lowest BCUT2D eigenvalue weighted by Crippen LogP contribution is -2.48. The molecule has 0 bridgehead atoms. The van der Waals surface area contributed by atoms with Gasteiger partial charge in [-0.1, -0.05) is 0 Å². The van der Waals surface area contributed by atoms with Gasteiger partial charge in [0.05, 0.1) is 6.61 Å². The average molecular weight is 307 g/mol. The molecule has 0 N–H and O–H groups in total. The maximum Gasteiger partial charge on any atom is 0.436 e. The van der Waals surface area contributed by atoms with Crippen LogP contribution in [0, 0.1) is 22.7 Å². The molecule has 11 heteroatoms. The summed E-state index contributed by atoms with van der Waals surface area (Å²) in [5, 5.41) is 17.4. The number of carbonyl (C=O) groups is 2. The van der Waals surface area contributed by atoms with E-state index in [-0.39, 0.29) is 6.61 Å². The summed E-state index contributed by atoms with van der Waals surface area (Å²) in [5.41, 5.74) is -3.25. The zero-order chi connectivity index (χ0) is 16.7. The van der Waals surface area contributed by atoms with E-state index in [0.29, 0.717) is 6.47 Å². The Morgan fingerprint density at radius 3 is 2.10 bits per heavy atom. The highest BCUT2D eigenvalue weighted by Gasteiger charge is 2.54. The molecule has 0 saturated heterocycles. The zero-order valence-electron chi connectivity index (χ0n) is 10.3. The van der Waals surface area contributed by atoms with E-state index in [0.717, 1.165) is 12.1 Å². The normalized spacial score (nSPS) is 12.3. The van der Waals surface area contributed by atoms with Gasteiger partial charge in [-0.3, -0.25) is 0 Å². The van der Waals surface area contributed by atoms with E-state index in [9.17, 15) is 27.6 Å². The summed E-state index contributed by atoms with van der Waals surface area (Å²) in [5.74, 6) is -4.03. The van der Waals surface area contributed by atoms with E-state index >= 15 is 0 Å². The fraction of sp³-hybridized carbons (Fsp3) is 0.500. The van der Waals surface area contributed by atoms with Gasteiger partial charge in [-0.15, -0.1) is 0 Å². The number of hydrogen-bond donors (Lipinski definition) is 0. The van der Waals surface area contributed by atoms with Crippen molar-refractivity contribution in [3.63, 3.8) is 0 Å². The summed E-state index contributed by atoms with van der Waals surface area (Å²) in [7, 11) is 0. The standard InChI is InChI=1S/C10H6F3N2O6/c1-2-19-8(18)9(3-14,4-15)21-7(17)6(20-5-16)10(11,12)13/h6H,2H2,1H3. The number of halogens is 3. The minimum atomic E-state index is -5.39. The van der Waals surface area contributed by atoms with E-state index in [2.05, 4.69) is 14.2 Å². The van der Waals surface area contributed by atoms with Crippen LogP contribution in [0.15, 0.2) is 0 Å². The lowest BCUT2D eigenvalue weighted by molar-refractivity contribution is -0.219. The van der Waals surface area contributed by atoms with Crippen molar-refractivity contribution in [3.05, 3.63) is 0 Å². The Balaban J connectivity index is 5.42. The Kier molecular flexibility index (Phi) is 6.14. The molecule has 113 valence electrons. The van der Waals surface area contributed by atoms with Crippen molar-refractivity contribution in [1.82, 2.24) is 0 Å². The van der Waals surface area contributed by atoms with Gasteiger partial charge in [0.15, 0.2) is 0 Å². The molecule has 0 heterocycles. The highest BCUT2D eigenvalue weighted by molar-refractivity contribution is 5.91. The smallest absolute Gasteiger partial charge is 0.436 e. The predicted molar refractivity (Wildman–Crippen MR) is 53.3 cm³/mol. The third-order valence-corrected chi connectivity index (χ3v) is 1.81. The third-order valence-electron chi connectivity index (χ3n) is 1.81. The van der Waals surface area contributed by atoms with Crippen LogP contribution in [-0.4, -0.2) is 42.9 Å². The molecule has 0 rings (SSSR count). The van der Waals surface area contributed by atoms with Crippen molar-refractivity contribution in [3.8, 4) is 12.1 Å². The van der Waals surface area contributed by atoms with Crippen LogP contribution < -0.4 is 0 Å². The van der Waals surface area contributed by atoms with E-state index in [1.165, 1.54) is 6.92 Å². The van der Waals surface area contributed by atoms with Crippen molar-refractivity contribution in [2.24, 2.45) is 0 Å². The van der Waals surface area contributed by atoms with Crippen LogP contribution >= 0.6 is 0 Å². The molecule has 0 spiro atoms. The number of ether oxygens (including phenoxy) is 3. The molecular weight excluding hydrogens is 301 g/mol. The SMILES string of the molecule is CCOC(=O)C(C#N)(C#N)OC(=O)C(O[C]=O)C(F)(F)F. The van der Waals surface area contributed by atoms with Gasteiger partial charge in [0.2, 0.25) is 0 Å². The molecule has 8 nitrogen and oxygen atoms in total. The summed E-state index contributed by atoms with van der Waals surface area (Å²) >= 11 is 0. The summed E-state index contributed by atoms with van der Waals surface area (Å²) in [6.45, 7) is 1.33. The summed E-state index contributed by atoms with van der Waals surface area (Å²) in [6, 6.07) is 1.86. The fourth-order valence-electron chi connectivity index (χ4n) is 0.937. The maximum atomic E-state index is 12.4. The number of alkyl halides is 3. The van der Waals surface area contributed by atoms with Gasteiger partial charge in [-0.05, 0) is 6.92 Å². The zero-order valence-corrected chi connectivity index (χ0v) is 10.3. The van der Waals surface area contributed by atoms with Crippen LogP contribution in [0.25, 0.3) is 0 Å². The van der Waals surface area contributed by atoms with Gasteiger partial charge < -0.3 is 14.2 Å². The van der Waals surface area contributed by atoms with Gasteiger partial charge in [-0.2, -0.15) is 23.7 Å². The molecule has 21 heavy (non-hydrogen) atoms. The molecule has 1 unspecified atom stereocenters. The van der Waals surface area contributed by atoms with Gasteiger partial charge in [0.1, 0.15) is 12.1 Å². The fourth-order valence-corrected chi connectivity index (χ4v) is 0.937. The Morgan fingerprint density at radius 2 is 1.76 bits per heavy atom. The minimum Gasteiger partial charge on any atom is -0.461 e. The Bertz CT molecular complexity index is 490. The van der Waals surface area contributed by atoms with Gasteiger partial charge in [-0.25, -0.2) is 14.4 Å². The first-order valence-corrected chi connectivity index (χ1v) is 5.00. The van der Waals surface area contributed by atoms with Crippen molar-refractivity contribution in [1.29, 1.82) is 10.5 Å². The van der Waals surface area contributed by atoms with Crippen LogP contribution in [0.3, 0.4) is 0 Å².